The first-order valence-corrected chi connectivity index (χ1v) is 23.3. The van der Waals surface area contributed by atoms with E-state index in [1.165, 1.54) is 5.57 Å². The molecule has 0 aromatic carbocycles. The van der Waals surface area contributed by atoms with Gasteiger partial charge in [-0.25, -0.2) is 0 Å². The molecule has 0 aromatic rings. The van der Waals surface area contributed by atoms with E-state index in [9.17, 15) is 19.8 Å². The van der Waals surface area contributed by atoms with Gasteiger partial charge in [0.05, 0.1) is 54.7 Å². The number of fused-ring (bicyclic) bond motifs is 5. The van der Waals surface area contributed by atoms with E-state index in [-0.39, 0.29) is 71.9 Å². The van der Waals surface area contributed by atoms with E-state index in [4.69, 9.17) is 47.4 Å². The summed E-state index contributed by atoms with van der Waals surface area (Å²) in [6.07, 6.45) is 4.44. The Morgan fingerprint density at radius 1 is 0.774 bits per heavy atom. The van der Waals surface area contributed by atoms with Crippen LogP contribution in [0.3, 0.4) is 0 Å². The zero-order valence-electron chi connectivity index (χ0n) is 39.0. The van der Waals surface area contributed by atoms with Crippen molar-refractivity contribution in [1.82, 2.24) is 0 Å². The summed E-state index contributed by atoms with van der Waals surface area (Å²) in [5, 5.41) is 23.2. The van der Waals surface area contributed by atoms with Gasteiger partial charge in [0.2, 0.25) is 0 Å². The summed E-state index contributed by atoms with van der Waals surface area (Å²) < 4.78 is 62.4. The highest BCUT2D eigenvalue weighted by Gasteiger charge is 2.71. The Morgan fingerprint density at radius 3 is 1.90 bits per heavy atom. The highest BCUT2D eigenvalue weighted by Crippen LogP contribution is 2.68. The van der Waals surface area contributed by atoms with Crippen LogP contribution in [0.4, 0.5) is 0 Å². The van der Waals surface area contributed by atoms with Crippen molar-refractivity contribution < 1.29 is 67.2 Å². The van der Waals surface area contributed by atoms with Crippen molar-refractivity contribution in [3.63, 3.8) is 0 Å². The minimum absolute atomic E-state index is 0.0418. The summed E-state index contributed by atoms with van der Waals surface area (Å²) in [7, 11) is 4.91. The number of aliphatic hydroxyl groups is 2. The van der Waals surface area contributed by atoms with Gasteiger partial charge < -0.3 is 57.6 Å². The number of carbonyl (C=O) groups excluding carboxylic acids is 2. The third kappa shape index (κ3) is 9.03. The van der Waals surface area contributed by atoms with Crippen molar-refractivity contribution in [2.24, 2.45) is 28.6 Å². The Balaban J connectivity index is 0.975. The SMILES string of the molecule is CO[C@H]1C[C@H](O[C@H]2CC[C@@]3(C)C(=CC[C@@H]4[C@@H]3C[C@@H](OC(=O)CC=C(C)C)[C@]3(C)[C@H](C(C)=O)CC[C@]43O)C2)O[C@H](C)[C@H]1O[C@H]1C[C@@H](OC)[C@H](O[C@H]2C[C@@H](OC)[C@H](O)[C@@H](C)O2)[C@@H](C)O1. The molecule has 3 saturated heterocycles. The maximum Gasteiger partial charge on any atom is 0.309 e. The fraction of sp³-hybridized carbons (Fsp3) is 0.875. The van der Waals surface area contributed by atoms with Gasteiger partial charge in [0.25, 0.3) is 0 Å². The number of allylic oxidation sites excluding steroid dienone is 2. The quantitative estimate of drug-likeness (QED) is 0.161. The van der Waals surface area contributed by atoms with Crippen LogP contribution in [0.15, 0.2) is 23.3 Å². The van der Waals surface area contributed by atoms with Crippen LogP contribution in [-0.4, -0.2) is 135 Å². The molecule has 0 unspecified atom stereocenters. The average molecular weight is 877 g/mol. The number of Topliss-reactive ketones (excluding diaryl/α,β-unsaturated/α-hetero) is 1. The van der Waals surface area contributed by atoms with Gasteiger partial charge in [-0.3, -0.25) is 9.59 Å². The van der Waals surface area contributed by atoms with Crippen LogP contribution < -0.4 is 0 Å². The smallest absolute Gasteiger partial charge is 0.309 e. The van der Waals surface area contributed by atoms with Gasteiger partial charge in [-0.15, -0.1) is 0 Å². The minimum atomic E-state index is -1.13. The molecule has 0 spiro atoms. The summed E-state index contributed by atoms with van der Waals surface area (Å²) in [6.45, 7) is 15.6. The molecule has 0 aromatic heterocycles. The fourth-order valence-corrected chi connectivity index (χ4v) is 12.9. The summed E-state index contributed by atoms with van der Waals surface area (Å²) in [4.78, 5) is 26.4. The van der Waals surface area contributed by atoms with Crippen molar-refractivity contribution in [1.29, 1.82) is 0 Å². The Kier molecular flexibility index (Phi) is 14.9. The summed E-state index contributed by atoms with van der Waals surface area (Å²) in [5.41, 5.74) is 0.162. The summed E-state index contributed by atoms with van der Waals surface area (Å²) in [6, 6.07) is 0. The first-order valence-electron chi connectivity index (χ1n) is 23.3. The molecule has 7 rings (SSSR count). The van der Waals surface area contributed by atoms with Crippen LogP contribution in [0, 0.1) is 28.6 Å². The molecule has 0 amide bonds. The second-order valence-electron chi connectivity index (χ2n) is 20.2. The molecule has 14 nitrogen and oxygen atoms in total. The van der Waals surface area contributed by atoms with E-state index in [0.29, 0.717) is 44.9 Å². The fourth-order valence-electron chi connectivity index (χ4n) is 12.9. The molecular formula is C48H76O14. The van der Waals surface area contributed by atoms with E-state index in [2.05, 4.69) is 13.0 Å². The Hall–Kier alpha value is -1.82. The molecule has 0 bridgehead atoms. The molecule has 7 aliphatic rings. The topological polar surface area (TPSA) is 167 Å². The van der Waals surface area contributed by atoms with Crippen LogP contribution in [0.2, 0.25) is 0 Å². The highest BCUT2D eigenvalue weighted by molar-refractivity contribution is 5.80. The molecule has 3 saturated carbocycles. The average Bonchev–Trinajstić information content (AvgIpc) is 3.52. The zero-order chi connectivity index (χ0) is 44.9. The van der Waals surface area contributed by atoms with Gasteiger partial charge >= 0.3 is 5.97 Å². The molecule has 20 atom stereocenters. The van der Waals surface area contributed by atoms with Crippen LogP contribution in [-0.2, 0) is 57.0 Å². The van der Waals surface area contributed by atoms with Crippen molar-refractivity contribution in [2.75, 3.05) is 21.3 Å². The second kappa shape index (κ2) is 19.2. The van der Waals surface area contributed by atoms with E-state index >= 15 is 0 Å². The maximum absolute atomic E-state index is 13.3. The number of aliphatic hydroxyl groups excluding tert-OH is 1. The van der Waals surface area contributed by atoms with Crippen molar-refractivity contribution in [3.8, 4) is 0 Å². The molecule has 2 N–H and O–H groups in total. The number of methoxy groups -OCH3 is 3. The molecule has 3 aliphatic heterocycles. The predicted molar refractivity (Wildman–Crippen MR) is 227 cm³/mol. The van der Waals surface area contributed by atoms with Crippen LogP contribution in [0.5, 0.6) is 0 Å². The number of hydrogen-bond donors (Lipinski definition) is 2. The Morgan fingerprint density at radius 2 is 1.34 bits per heavy atom. The molecule has 4 aliphatic carbocycles. The van der Waals surface area contributed by atoms with E-state index in [1.807, 2.05) is 40.7 Å². The lowest BCUT2D eigenvalue weighted by molar-refractivity contribution is -0.338. The number of ketones is 1. The van der Waals surface area contributed by atoms with Gasteiger partial charge in [-0.05, 0) is 104 Å². The maximum atomic E-state index is 13.3. The van der Waals surface area contributed by atoms with Gasteiger partial charge in [0.1, 0.15) is 30.2 Å². The number of rotatable bonds is 13. The van der Waals surface area contributed by atoms with Gasteiger partial charge in [0.15, 0.2) is 18.9 Å². The van der Waals surface area contributed by atoms with E-state index in [1.54, 1.807) is 35.2 Å². The number of esters is 1. The largest absolute Gasteiger partial charge is 0.461 e. The normalized spacial score (nSPS) is 48.0. The van der Waals surface area contributed by atoms with Gasteiger partial charge in [-0.2, -0.15) is 0 Å². The van der Waals surface area contributed by atoms with E-state index in [0.717, 1.165) is 24.8 Å². The van der Waals surface area contributed by atoms with Crippen molar-refractivity contribution in [3.05, 3.63) is 23.3 Å². The van der Waals surface area contributed by atoms with Crippen LogP contribution in [0.25, 0.3) is 0 Å². The summed E-state index contributed by atoms with van der Waals surface area (Å²) >= 11 is 0. The monoisotopic (exact) mass is 877 g/mol. The number of carbonyl (C=O) groups is 2. The lowest BCUT2D eigenvalue weighted by Gasteiger charge is -2.63. The molecule has 14 heteroatoms. The molecule has 352 valence electrons. The second-order valence-corrected chi connectivity index (χ2v) is 20.2. The molecule has 0 radical (unpaired) electrons. The third-order valence-electron chi connectivity index (χ3n) is 16.5. The van der Waals surface area contributed by atoms with Crippen LogP contribution in [0.1, 0.15) is 126 Å². The van der Waals surface area contributed by atoms with Crippen molar-refractivity contribution >= 4 is 11.8 Å². The molecule has 3 heterocycles. The standard InChI is InChI=1S/C48H76O14/c1-25(2)12-15-39(50)60-38-21-34-33(48(52)19-17-32(26(3)49)47(38,48)8)14-13-30-20-31(16-18-46(30,34)7)59-40-23-36(54-10)44(28(5)57-40)62-42-24-37(55-11)45(29(6)58-42)61-41-22-35(53-9)43(51)27(4)56-41/h12-13,27-29,31-38,40-45,51-52H,14-24H2,1-11H3/t27-,28-,29-,31+,32+,33-,34+,35-,36+,37-,38-,40+,41+,42+,43-,44-,45-,46+,47+,48+/m1/s1. The minimum Gasteiger partial charge on any atom is -0.461 e. The molecule has 62 heavy (non-hydrogen) atoms. The third-order valence-corrected chi connectivity index (χ3v) is 16.5. The lowest BCUT2D eigenvalue weighted by Crippen LogP contribution is -2.66. The number of hydrogen-bond acceptors (Lipinski definition) is 14. The molecule has 6 fully saturated rings. The van der Waals surface area contributed by atoms with Gasteiger partial charge in [-0.1, -0.05) is 37.1 Å². The number of ether oxygens (including phenoxy) is 10. The van der Waals surface area contributed by atoms with E-state index < -0.39 is 66.5 Å². The Labute approximate surface area is 369 Å². The Bertz CT molecular complexity index is 1650. The predicted octanol–water partition coefficient (Wildman–Crippen LogP) is 6.11. The summed E-state index contributed by atoms with van der Waals surface area (Å²) in [5.74, 6) is -0.582. The van der Waals surface area contributed by atoms with Crippen LogP contribution >= 0.6 is 0 Å². The highest BCUT2D eigenvalue weighted by atomic mass is 16.7. The lowest BCUT2D eigenvalue weighted by atomic mass is 9.45. The van der Waals surface area contributed by atoms with Crippen molar-refractivity contribution in [2.45, 2.75) is 218 Å². The zero-order valence-corrected chi connectivity index (χ0v) is 39.0. The first-order chi connectivity index (χ1) is 29.4. The first kappa shape index (κ1) is 48.1. The van der Waals surface area contributed by atoms with Gasteiger partial charge in [0, 0.05) is 51.9 Å². The molecular weight excluding hydrogens is 801 g/mol.